The quantitative estimate of drug-likeness (QED) is 0.658. The summed E-state index contributed by atoms with van der Waals surface area (Å²) in [7, 11) is 0. The first-order valence-electron chi connectivity index (χ1n) is 7.15. The number of halogens is 1. The zero-order chi connectivity index (χ0) is 17.4. The molecule has 1 aromatic carbocycles. The van der Waals surface area contributed by atoms with E-state index in [1.54, 1.807) is 36.0 Å². The molecule has 124 valence electrons. The lowest BCUT2D eigenvalue weighted by Crippen LogP contribution is -2.27. The van der Waals surface area contributed by atoms with Crippen LogP contribution in [0.3, 0.4) is 0 Å². The molecule has 3 aromatic rings. The van der Waals surface area contributed by atoms with Gasteiger partial charge >= 0.3 is 0 Å². The lowest BCUT2D eigenvalue weighted by molar-refractivity contribution is -0.113. The van der Waals surface area contributed by atoms with Crippen LogP contribution < -0.4 is 4.90 Å². The SMILES string of the molecule is N=C1SC(=Cc2cn[nH]c2-c2ccc(Cl)cc2)C(=O)N1c1nccs1. The van der Waals surface area contributed by atoms with Crippen LogP contribution in [0.25, 0.3) is 17.3 Å². The fraction of sp³-hybridized carbons (Fsp3) is 0. The predicted molar refractivity (Wildman–Crippen MR) is 102 cm³/mol. The molecule has 0 spiro atoms. The van der Waals surface area contributed by atoms with Gasteiger partial charge in [-0.25, -0.2) is 9.88 Å². The molecular formula is C16H10ClN5OS2. The second-order valence-electron chi connectivity index (χ2n) is 5.08. The van der Waals surface area contributed by atoms with Crippen molar-refractivity contribution in [2.24, 2.45) is 0 Å². The van der Waals surface area contributed by atoms with E-state index in [2.05, 4.69) is 15.2 Å². The van der Waals surface area contributed by atoms with Crippen LogP contribution in [-0.4, -0.2) is 26.3 Å². The summed E-state index contributed by atoms with van der Waals surface area (Å²) in [6.07, 6.45) is 5.00. The van der Waals surface area contributed by atoms with Crippen LogP contribution in [0, 0.1) is 5.41 Å². The normalized spacial score (nSPS) is 16.2. The van der Waals surface area contributed by atoms with Gasteiger partial charge in [-0.1, -0.05) is 23.7 Å². The standard InChI is InChI=1S/C16H10ClN5OS2/c17-11-3-1-9(2-4-11)13-10(8-20-21-13)7-12-14(23)22(15(18)25-12)16-19-5-6-24-16/h1-8,18H,(H,20,21). The average molecular weight is 388 g/mol. The molecule has 3 heterocycles. The van der Waals surface area contributed by atoms with Crippen molar-refractivity contribution >= 4 is 57.0 Å². The highest BCUT2D eigenvalue weighted by atomic mass is 35.5. The summed E-state index contributed by atoms with van der Waals surface area (Å²) in [6.45, 7) is 0. The van der Waals surface area contributed by atoms with E-state index in [0.29, 0.717) is 15.1 Å². The zero-order valence-electron chi connectivity index (χ0n) is 12.6. The number of amides is 1. The highest BCUT2D eigenvalue weighted by molar-refractivity contribution is 8.19. The summed E-state index contributed by atoms with van der Waals surface area (Å²) in [5.74, 6) is -0.256. The lowest BCUT2D eigenvalue weighted by atomic mass is 10.1. The summed E-state index contributed by atoms with van der Waals surface area (Å²) < 4.78 is 0. The molecule has 6 nitrogen and oxygen atoms in total. The number of thioether (sulfide) groups is 1. The van der Waals surface area contributed by atoms with E-state index < -0.39 is 0 Å². The largest absolute Gasteiger partial charge is 0.278 e. The first-order chi connectivity index (χ1) is 12.1. The van der Waals surface area contributed by atoms with Gasteiger partial charge in [0.05, 0.1) is 16.8 Å². The van der Waals surface area contributed by atoms with E-state index in [1.807, 2.05) is 12.1 Å². The molecule has 0 saturated carbocycles. The van der Waals surface area contributed by atoms with Crippen molar-refractivity contribution in [3.8, 4) is 11.3 Å². The second-order valence-corrected chi connectivity index (χ2v) is 7.42. The van der Waals surface area contributed by atoms with Crippen molar-refractivity contribution in [3.63, 3.8) is 0 Å². The van der Waals surface area contributed by atoms with Crippen LogP contribution in [0.1, 0.15) is 5.56 Å². The Labute approximate surface area is 156 Å². The minimum absolute atomic E-state index is 0.141. The summed E-state index contributed by atoms with van der Waals surface area (Å²) in [4.78, 5) is 18.5. The number of H-pyrrole nitrogens is 1. The van der Waals surface area contributed by atoms with Crippen LogP contribution in [-0.2, 0) is 4.79 Å². The van der Waals surface area contributed by atoms with E-state index in [4.69, 9.17) is 17.0 Å². The molecule has 9 heteroatoms. The lowest BCUT2D eigenvalue weighted by Gasteiger charge is -2.08. The first kappa shape index (κ1) is 16.1. The third-order valence-corrected chi connectivity index (χ3v) is 5.42. The highest BCUT2D eigenvalue weighted by Gasteiger charge is 2.35. The maximum absolute atomic E-state index is 12.6. The molecular weight excluding hydrogens is 378 g/mol. The first-order valence-corrected chi connectivity index (χ1v) is 9.22. The molecule has 2 N–H and O–H groups in total. The van der Waals surface area contributed by atoms with Gasteiger partial charge in [-0.15, -0.1) is 11.3 Å². The molecule has 0 radical (unpaired) electrons. The maximum atomic E-state index is 12.6. The highest BCUT2D eigenvalue weighted by Crippen LogP contribution is 2.37. The fourth-order valence-electron chi connectivity index (χ4n) is 2.38. The van der Waals surface area contributed by atoms with Gasteiger partial charge < -0.3 is 0 Å². The molecule has 25 heavy (non-hydrogen) atoms. The number of thiazole rings is 1. The second kappa shape index (κ2) is 6.47. The van der Waals surface area contributed by atoms with E-state index >= 15 is 0 Å². The molecule has 1 aliphatic rings. The minimum atomic E-state index is -0.256. The van der Waals surface area contributed by atoms with E-state index in [0.717, 1.165) is 28.6 Å². The molecule has 2 aromatic heterocycles. The Morgan fingerprint density at radius 3 is 2.80 bits per heavy atom. The Morgan fingerprint density at radius 2 is 2.08 bits per heavy atom. The Kier molecular flexibility index (Phi) is 4.16. The number of anilines is 1. The third-order valence-electron chi connectivity index (χ3n) is 3.52. The van der Waals surface area contributed by atoms with Crippen LogP contribution in [0.4, 0.5) is 5.13 Å². The number of hydrogen-bond acceptors (Lipinski definition) is 6. The van der Waals surface area contributed by atoms with E-state index in [1.165, 1.54) is 16.2 Å². The molecule has 0 bridgehead atoms. The van der Waals surface area contributed by atoms with Crippen LogP contribution in [0.15, 0.2) is 46.9 Å². The van der Waals surface area contributed by atoms with Crippen molar-refractivity contribution in [2.75, 3.05) is 4.90 Å². The summed E-state index contributed by atoms with van der Waals surface area (Å²) in [6, 6.07) is 7.35. The molecule has 1 aliphatic heterocycles. The van der Waals surface area contributed by atoms with Gasteiger partial charge in [-0.3, -0.25) is 15.3 Å². The number of carbonyl (C=O) groups is 1. The summed E-state index contributed by atoms with van der Waals surface area (Å²) in [5, 5.41) is 18.2. The molecule has 4 rings (SSSR count). The molecule has 1 amide bonds. The number of hydrogen-bond donors (Lipinski definition) is 2. The van der Waals surface area contributed by atoms with Crippen LogP contribution in [0.5, 0.6) is 0 Å². The summed E-state index contributed by atoms with van der Waals surface area (Å²) in [5.41, 5.74) is 2.47. The molecule has 1 saturated heterocycles. The number of carbonyl (C=O) groups excluding carboxylic acids is 1. The van der Waals surface area contributed by atoms with Crippen molar-refractivity contribution in [2.45, 2.75) is 0 Å². The van der Waals surface area contributed by atoms with Crippen molar-refractivity contribution < 1.29 is 4.79 Å². The predicted octanol–water partition coefficient (Wildman–Crippen LogP) is 4.24. The molecule has 0 atom stereocenters. The fourth-order valence-corrected chi connectivity index (χ4v) is 4.04. The third kappa shape index (κ3) is 2.99. The Hall–Kier alpha value is -2.42. The van der Waals surface area contributed by atoms with Crippen molar-refractivity contribution in [1.29, 1.82) is 5.41 Å². The van der Waals surface area contributed by atoms with E-state index in [9.17, 15) is 4.79 Å². The number of aromatic amines is 1. The zero-order valence-corrected chi connectivity index (χ0v) is 15.0. The van der Waals surface area contributed by atoms with Crippen molar-refractivity contribution in [3.05, 3.63) is 57.5 Å². The Morgan fingerprint density at radius 1 is 1.28 bits per heavy atom. The van der Waals surface area contributed by atoms with Gasteiger partial charge in [0.25, 0.3) is 5.91 Å². The molecule has 0 unspecified atom stereocenters. The van der Waals surface area contributed by atoms with Gasteiger partial charge in [-0.05, 0) is 30.0 Å². The van der Waals surface area contributed by atoms with Gasteiger partial charge in [0.15, 0.2) is 10.3 Å². The van der Waals surface area contributed by atoms with Gasteiger partial charge in [0, 0.05) is 27.7 Å². The Balaban J connectivity index is 1.69. The van der Waals surface area contributed by atoms with Crippen LogP contribution >= 0.6 is 34.7 Å². The maximum Gasteiger partial charge on any atom is 0.273 e. The number of nitrogens with zero attached hydrogens (tertiary/aromatic N) is 3. The number of aromatic nitrogens is 3. The minimum Gasteiger partial charge on any atom is -0.278 e. The van der Waals surface area contributed by atoms with E-state index in [-0.39, 0.29) is 11.1 Å². The summed E-state index contributed by atoms with van der Waals surface area (Å²) >= 11 is 8.36. The van der Waals surface area contributed by atoms with Crippen LogP contribution in [0.2, 0.25) is 5.02 Å². The molecule has 0 aliphatic carbocycles. The van der Waals surface area contributed by atoms with Gasteiger partial charge in [0.2, 0.25) is 0 Å². The Bertz CT molecular complexity index is 978. The number of amidine groups is 1. The number of benzene rings is 1. The average Bonchev–Trinajstić information content (AvgIpc) is 3.31. The smallest absolute Gasteiger partial charge is 0.273 e. The monoisotopic (exact) mass is 387 g/mol. The molecule has 1 fully saturated rings. The number of nitrogens with one attached hydrogen (secondary N) is 2. The van der Waals surface area contributed by atoms with Crippen molar-refractivity contribution in [1.82, 2.24) is 15.2 Å². The van der Waals surface area contributed by atoms with Gasteiger partial charge in [-0.2, -0.15) is 5.10 Å². The topological polar surface area (TPSA) is 85.7 Å². The van der Waals surface area contributed by atoms with Gasteiger partial charge in [0.1, 0.15) is 0 Å². The number of rotatable bonds is 3.